The van der Waals surface area contributed by atoms with Crippen LogP contribution in [0.4, 0.5) is 0 Å². The standard InChI is InChI=1S/C26H36N6/c1-5-13-23(14-6-1)25(27-21-31-19-11-3-9-17-29-31)26(24-15-7-2-8-16-24)28-22-32-20-12-4-10-18-30-32/h1-2,5-8,13-16,21-22,25-26,29-30H,3-4,9-12,17-20H2. The Bertz CT molecular complexity index is 750. The van der Waals surface area contributed by atoms with Gasteiger partial charge in [0.25, 0.3) is 0 Å². The molecule has 4 rings (SSSR count). The number of nitrogens with zero attached hydrogens (tertiary/aromatic N) is 4. The SMILES string of the molecule is C(=NC(c1ccccc1)C(N=CN1CCCCCN1)c1ccccc1)N1CCCCCN1. The summed E-state index contributed by atoms with van der Waals surface area (Å²) in [6.45, 7) is 3.98. The van der Waals surface area contributed by atoms with E-state index in [1.54, 1.807) is 0 Å². The highest BCUT2D eigenvalue weighted by molar-refractivity contribution is 5.57. The topological polar surface area (TPSA) is 55.3 Å². The Morgan fingerprint density at radius 2 is 1.03 bits per heavy atom. The monoisotopic (exact) mass is 432 g/mol. The molecule has 6 nitrogen and oxygen atoms in total. The van der Waals surface area contributed by atoms with Crippen LogP contribution in [-0.2, 0) is 0 Å². The molecule has 0 amide bonds. The van der Waals surface area contributed by atoms with Crippen molar-refractivity contribution in [2.24, 2.45) is 9.98 Å². The fraction of sp³-hybridized carbons (Fsp3) is 0.462. The number of hydrogen-bond donors (Lipinski definition) is 2. The van der Waals surface area contributed by atoms with E-state index in [4.69, 9.17) is 9.98 Å². The molecular formula is C26H36N6. The number of hydrazine groups is 2. The van der Waals surface area contributed by atoms with Gasteiger partial charge in [0.05, 0.1) is 0 Å². The first-order chi connectivity index (χ1) is 15.9. The molecule has 32 heavy (non-hydrogen) atoms. The molecule has 6 heteroatoms. The molecule has 0 bridgehead atoms. The molecule has 2 fully saturated rings. The molecule has 0 spiro atoms. The van der Waals surface area contributed by atoms with Crippen LogP contribution < -0.4 is 10.9 Å². The van der Waals surface area contributed by atoms with Gasteiger partial charge >= 0.3 is 0 Å². The molecule has 2 atom stereocenters. The zero-order valence-electron chi connectivity index (χ0n) is 18.9. The highest BCUT2D eigenvalue weighted by Crippen LogP contribution is 2.35. The lowest BCUT2D eigenvalue weighted by Crippen LogP contribution is -2.37. The first kappa shape index (κ1) is 22.5. The van der Waals surface area contributed by atoms with Crippen LogP contribution in [0.5, 0.6) is 0 Å². The normalized spacial score (nSPS) is 20.2. The van der Waals surface area contributed by atoms with E-state index >= 15 is 0 Å². The van der Waals surface area contributed by atoms with Crippen molar-refractivity contribution >= 4 is 12.7 Å². The summed E-state index contributed by atoms with van der Waals surface area (Å²) >= 11 is 0. The summed E-state index contributed by atoms with van der Waals surface area (Å²) in [6.07, 6.45) is 11.3. The number of hydrogen-bond acceptors (Lipinski definition) is 4. The minimum Gasteiger partial charge on any atom is -0.299 e. The minimum absolute atomic E-state index is 0.105. The Hall–Kier alpha value is -2.70. The molecule has 2 heterocycles. The van der Waals surface area contributed by atoms with Crippen molar-refractivity contribution in [3.63, 3.8) is 0 Å². The summed E-state index contributed by atoms with van der Waals surface area (Å²) in [4.78, 5) is 10.2. The smallest absolute Gasteiger partial charge is 0.103 e. The van der Waals surface area contributed by atoms with Gasteiger partial charge in [0.15, 0.2) is 0 Å². The lowest BCUT2D eigenvalue weighted by Gasteiger charge is -2.25. The van der Waals surface area contributed by atoms with E-state index in [2.05, 4.69) is 81.5 Å². The predicted octanol–water partition coefficient (Wildman–Crippen LogP) is 4.51. The third-order valence-electron chi connectivity index (χ3n) is 6.10. The second-order valence-corrected chi connectivity index (χ2v) is 8.56. The van der Waals surface area contributed by atoms with E-state index in [-0.39, 0.29) is 12.1 Å². The zero-order chi connectivity index (χ0) is 21.8. The van der Waals surface area contributed by atoms with Crippen molar-refractivity contribution < 1.29 is 0 Å². The van der Waals surface area contributed by atoms with Gasteiger partial charge in [0.1, 0.15) is 24.8 Å². The number of aliphatic imine (C=N–C) groups is 2. The molecule has 2 aliphatic rings. The summed E-state index contributed by atoms with van der Waals surface area (Å²) in [6, 6.07) is 20.9. The zero-order valence-corrected chi connectivity index (χ0v) is 18.9. The summed E-state index contributed by atoms with van der Waals surface area (Å²) in [5.41, 5.74) is 9.32. The van der Waals surface area contributed by atoms with Crippen LogP contribution in [0.25, 0.3) is 0 Å². The molecule has 2 aromatic rings. The van der Waals surface area contributed by atoms with Crippen LogP contribution in [0.1, 0.15) is 61.7 Å². The maximum Gasteiger partial charge on any atom is 0.103 e. The number of benzene rings is 2. The Morgan fingerprint density at radius 1 is 0.594 bits per heavy atom. The van der Waals surface area contributed by atoms with E-state index in [1.807, 2.05) is 12.7 Å². The Kier molecular flexibility index (Phi) is 8.69. The van der Waals surface area contributed by atoms with Crippen molar-refractivity contribution in [3.8, 4) is 0 Å². The Balaban J connectivity index is 1.64. The van der Waals surface area contributed by atoms with Gasteiger partial charge in [-0.25, -0.2) is 10.9 Å². The van der Waals surface area contributed by atoms with E-state index in [0.29, 0.717) is 0 Å². The third-order valence-corrected chi connectivity index (χ3v) is 6.10. The van der Waals surface area contributed by atoms with Gasteiger partial charge in [-0.1, -0.05) is 73.5 Å². The average Bonchev–Trinajstić information content (AvgIpc) is 3.27. The molecule has 2 unspecified atom stereocenters. The molecule has 0 aliphatic carbocycles. The quantitative estimate of drug-likeness (QED) is 0.499. The molecule has 0 aromatic heterocycles. The summed E-state index contributed by atoms with van der Waals surface area (Å²) in [7, 11) is 0. The van der Waals surface area contributed by atoms with Gasteiger partial charge in [-0.05, 0) is 36.8 Å². The summed E-state index contributed by atoms with van der Waals surface area (Å²) in [5, 5.41) is 4.29. The second-order valence-electron chi connectivity index (χ2n) is 8.56. The van der Waals surface area contributed by atoms with Gasteiger partial charge in [0, 0.05) is 26.2 Å². The highest BCUT2D eigenvalue weighted by atomic mass is 15.5. The Morgan fingerprint density at radius 3 is 1.47 bits per heavy atom. The van der Waals surface area contributed by atoms with Gasteiger partial charge in [-0.15, -0.1) is 0 Å². The third kappa shape index (κ3) is 6.65. The number of rotatable bonds is 7. The van der Waals surface area contributed by atoms with Crippen LogP contribution >= 0.6 is 0 Å². The lowest BCUT2D eigenvalue weighted by atomic mass is 9.94. The van der Waals surface area contributed by atoms with Crippen molar-refractivity contribution in [2.75, 3.05) is 26.2 Å². The maximum atomic E-state index is 5.10. The van der Waals surface area contributed by atoms with Crippen molar-refractivity contribution in [1.29, 1.82) is 0 Å². The molecule has 2 aliphatic heterocycles. The molecule has 2 N–H and O–H groups in total. The van der Waals surface area contributed by atoms with Gasteiger partial charge < -0.3 is 0 Å². The van der Waals surface area contributed by atoms with Gasteiger partial charge in [-0.3, -0.25) is 20.0 Å². The molecule has 0 saturated carbocycles. The number of nitrogens with one attached hydrogen (secondary N) is 2. The van der Waals surface area contributed by atoms with Crippen molar-refractivity contribution in [1.82, 2.24) is 20.9 Å². The van der Waals surface area contributed by atoms with Gasteiger partial charge in [-0.2, -0.15) is 0 Å². The van der Waals surface area contributed by atoms with E-state index in [1.165, 1.54) is 49.7 Å². The molecule has 170 valence electrons. The van der Waals surface area contributed by atoms with Crippen LogP contribution in [-0.4, -0.2) is 48.9 Å². The maximum absolute atomic E-state index is 5.10. The largest absolute Gasteiger partial charge is 0.299 e. The Labute approximate surface area is 192 Å². The van der Waals surface area contributed by atoms with Crippen molar-refractivity contribution in [3.05, 3.63) is 71.8 Å². The fourth-order valence-electron chi connectivity index (χ4n) is 4.27. The molecule has 0 radical (unpaired) electrons. The highest BCUT2D eigenvalue weighted by Gasteiger charge is 2.24. The van der Waals surface area contributed by atoms with Crippen LogP contribution in [0.2, 0.25) is 0 Å². The van der Waals surface area contributed by atoms with Crippen LogP contribution in [0.15, 0.2) is 70.6 Å². The molecule has 2 aromatic carbocycles. The second kappa shape index (κ2) is 12.4. The molecule has 2 saturated heterocycles. The first-order valence-corrected chi connectivity index (χ1v) is 12.1. The summed E-state index contributed by atoms with van der Waals surface area (Å²) in [5.74, 6) is 0. The average molecular weight is 433 g/mol. The van der Waals surface area contributed by atoms with Crippen LogP contribution in [0.3, 0.4) is 0 Å². The van der Waals surface area contributed by atoms with Crippen LogP contribution in [0, 0.1) is 0 Å². The van der Waals surface area contributed by atoms with Crippen molar-refractivity contribution in [2.45, 2.75) is 50.6 Å². The van der Waals surface area contributed by atoms with E-state index in [9.17, 15) is 0 Å². The minimum atomic E-state index is -0.105. The fourth-order valence-corrected chi connectivity index (χ4v) is 4.27. The lowest BCUT2D eigenvalue weighted by molar-refractivity contribution is 0.334. The van der Waals surface area contributed by atoms with E-state index < -0.39 is 0 Å². The molecular weight excluding hydrogens is 396 g/mol. The van der Waals surface area contributed by atoms with Gasteiger partial charge in [0.2, 0.25) is 0 Å². The van der Waals surface area contributed by atoms with E-state index in [0.717, 1.165) is 26.2 Å². The summed E-state index contributed by atoms with van der Waals surface area (Å²) < 4.78 is 0. The predicted molar refractivity (Wildman–Crippen MR) is 132 cm³/mol. The first-order valence-electron chi connectivity index (χ1n) is 12.1.